The summed E-state index contributed by atoms with van der Waals surface area (Å²) in [5.74, 6) is -0.203. The summed E-state index contributed by atoms with van der Waals surface area (Å²) in [5.41, 5.74) is 2.01. The van der Waals surface area contributed by atoms with E-state index in [9.17, 15) is 4.39 Å². The minimum atomic E-state index is -0.203. The number of allylic oxidation sites excluding steroid dienone is 1. The van der Waals surface area contributed by atoms with Gasteiger partial charge in [0.2, 0.25) is 0 Å². The van der Waals surface area contributed by atoms with Gasteiger partial charge in [0.05, 0.1) is 0 Å². The Morgan fingerprint density at radius 1 is 1.33 bits per heavy atom. The fourth-order valence-corrected chi connectivity index (χ4v) is 1.08. The summed E-state index contributed by atoms with van der Waals surface area (Å²) in [6.07, 6.45) is 1.95. The first-order chi connectivity index (χ1) is 5.77. The van der Waals surface area contributed by atoms with Gasteiger partial charge in [0.15, 0.2) is 0 Å². The smallest absolute Gasteiger partial charge is 0.123 e. The molecule has 0 aliphatic rings. The largest absolute Gasteiger partial charge is 0.388 e. The quantitative estimate of drug-likeness (QED) is 0.709. The molecule has 0 amide bonds. The predicted molar refractivity (Wildman–Crippen MR) is 49.1 cm³/mol. The van der Waals surface area contributed by atoms with Gasteiger partial charge in [-0.15, -0.1) is 0 Å². The van der Waals surface area contributed by atoms with Crippen LogP contribution in [0.15, 0.2) is 30.3 Å². The van der Waals surface area contributed by atoms with Crippen molar-refractivity contribution in [2.75, 3.05) is 7.05 Å². The molecule has 0 fully saturated rings. The first kappa shape index (κ1) is 8.78. The highest BCUT2D eigenvalue weighted by atomic mass is 19.1. The Morgan fingerprint density at radius 2 is 1.92 bits per heavy atom. The topological polar surface area (TPSA) is 12.0 Å². The van der Waals surface area contributed by atoms with Crippen molar-refractivity contribution < 1.29 is 4.39 Å². The zero-order valence-electron chi connectivity index (χ0n) is 7.26. The van der Waals surface area contributed by atoms with E-state index >= 15 is 0 Å². The standard InChI is InChI=1S/C10H12FN/c1-3-10(12-2)8-4-6-9(11)7-5-8/h3-7,12H,1-2H3/b10-3-. The van der Waals surface area contributed by atoms with E-state index in [0.29, 0.717) is 0 Å². The number of hydrogen-bond donors (Lipinski definition) is 1. The number of halogens is 1. The second-order valence-corrected chi connectivity index (χ2v) is 2.46. The second-order valence-electron chi connectivity index (χ2n) is 2.46. The fourth-order valence-electron chi connectivity index (χ4n) is 1.08. The zero-order valence-corrected chi connectivity index (χ0v) is 7.26. The molecule has 0 aliphatic heterocycles. The summed E-state index contributed by atoms with van der Waals surface area (Å²) in [6, 6.07) is 6.41. The van der Waals surface area contributed by atoms with Gasteiger partial charge in [0, 0.05) is 12.7 Å². The van der Waals surface area contributed by atoms with Gasteiger partial charge in [-0.2, -0.15) is 0 Å². The minimum Gasteiger partial charge on any atom is -0.388 e. The highest BCUT2D eigenvalue weighted by Gasteiger charge is 1.96. The zero-order chi connectivity index (χ0) is 8.97. The van der Waals surface area contributed by atoms with Crippen molar-refractivity contribution >= 4 is 5.70 Å². The molecule has 1 rings (SSSR count). The predicted octanol–water partition coefficient (Wildman–Crippen LogP) is 2.41. The maximum Gasteiger partial charge on any atom is 0.123 e. The number of hydrogen-bond acceptors (Lipinski definition) is 1. The van der Waals surface area contributed by atoms with Gasteiger partial charge in [-0.05, 0) is 24.6 Å². The Morgan fingerprint density at radius 3 is 2.33 bits per heavy atom. The summed E-state index contributed by atoms with van der Waals surface area (Å²) in [6.45, 7) is 1.94. The van der Waals surface area contributed by atoms with Crippen molar-refractivity contribution in [3.8, 4) is 0 Å². The summed E-state index contributed by atoms with van der Waals surface area (Å²) < 4.78 is 12.5. The molecular formula is C10H12FN. The lowest BCUT2D eigenvalue weighted by molar-refractivity contribution is 0.627. The number of benzene rings is 1. The van der Waals surface area contributed by atoms with Gasteiger partial charge in [0.25, 0.3) is 0 Å². The van der Waals surface area contributed by atoms with Crippen LogP contribution in [0.25, 0.3) is 5.70 Å². The van der Waals surface area contributed by atoms with E-state index in [2.05, 4.69) is 5.32 Å². The lowest BCUT2D eigenvalue weighted by atomic mass is 10.1. The van der Waals surface area contributed by atoms with Crippen molar-refractivity contribution in [3.63, 3.8) is 0 Å². The normalized spacial score (nSPS) is 11.4. The first-order valence-corrected chi connectivity index (χ1v) is 3.88. The summed E-state index contributed by atoms with van der Waals surface area (Å²) in [5, 5.41) is 3.03. The van der Waals surface area contributed by atoms with Crippen LogP contribution >= 0.6 is 0 Å². The lowest BCUT2D eigenvalue weighted by Gasteiger charge is -2.05. The van der Waals surface area contributed by atoms with Gasteiger partial charge in [-0.25, -0.2) is 4.39 Å². The SMILES string of the molecule is C/C=C(\NC)c1ccc(F)cc1. The van der Waals surface area contributed by atoms with Crippen LogP contribution in [0.3, 0.4) is 0 Å². The van der Waals surface area contributed by atoms with Crippen molar-refractivity contribution in [2.24, 2.45) is 0 Å². The molecule has 2 heteroatoms. The molecule has 1 aromatic rings. The minimum absolute atomic E-state index is 0.203. The van der Waals surface area contributed by atoms with E-state index in [4.69, 9.17) is 0 Å². The molecule has 0 aliphatic carbocycles. The van der Waals surface area contributed by atoms with Gasteiger partial charge >= 0.3 is 0 Å². The molecular weight excluding hydrogens is 153 g/mol. The highest BCUT2D eigenvalue weighted by molar-refractivity contribution is 5.63. The van der Waals surface area contributed by atoms with Crippen LogP contribution in [0.2, 0.25) is 0 Å². The molecule has 1 aromatic carbocycles. The third-order valence-corrected chi connectivity index (χ3v) is 1.71. The van der Waals surface area contributed by atoms with Gasteiger partial charge in [0.1, 0.15) is 5.82 Å². The van der Waals surface area contributed by atoms with Crippen LogP contribution in [0.5, 0.6) is 0 Å². The molecule has 0 spiro atoms. The maximum atomic E-state index is 12.5. The van der Waals surface area contributed by atoms with E-state index in [0.717, 1.165) is 11.3 Å². The van der Waals surface area contributed by atoms with Gasteiger partial charge in [-0.1, -0.05) is 18.2 Å². The highest BCUT2D eigenvalue weighted by Crippen LogP contribution is 2.10. The Hall–Kier alpha value is -1.31. The fraction of sp³-hybridized carbons (Fsp3) is 0.200. The van der Waals surface area contributed by atoms with Gasteiger partial charge < -0.3 is 5.32 Å². The molecule has 12 heavy (non-hydrogen) atoms. The number of nitrogens with one attached hydrogen (secondary N) is 1. The Bertz CT molecular complexity index is 274. The Kier molecular flexibility index (Phi) is 2.86. The molecule has 0 saturated heterocycles. The van der Waals surface area contributed by atoms with E-state index in [1.165, 1.54) is 12.1 Å². The van der Waals surface area contributed by atoms with E-state index in [1.807, 2.05) is 20.0 Å². The van der Waals surface area contributed by atoms with Crippen LogP contribution in [0.4, 0.5) is 4.39 Å². The molecule has 1 N–H and O–H groups in total. The van der Waals surface area contributed by atoms with Crippen LogP contribution in [-0.4, -0.2) is 7.05 Å². The second kappa shape index (κ2) is 3.90. The average molecular weight is 165 g/mol. The number of rotatable bonds is 2. The molecule has 1 nitrogen and oxygen atoms in total. The Labute approximate surface area is 71.9 Å². The monoisotopic (exact) mass is 165 g/mol. The van der Waals surface area contributed by atoms with Crippen molar-refractivity contribution in [1.82, 2.24) is 5.32 Å². The first-order valence-electron chi connectivity index (χ1n) is 3.88. The molecule has 64 valence electrons. The third kappa shape index (κ3) is 1.84. The molecule has 0 heterocycles. The van der Waals surface area contributed by atoms with Crippen LogP contribution in [-0.2, 0) is 0 Å². The van der Waals surface area contributed by atoms with Crippen LogP contribution in [0.1, 0.15) is 12.5 Å². The summed E-state index contributed by atoms with van der Waals surface area (Å²) in [7, 11) is 1.85. The van der Waals surface area contributed by atoms with E-state index < -0.39 is 0 Å². The van der Waals surface area contributed by atoms with E-state index in [-0.39, 0.29) is 5.82 Å². The van der Waals surface area contributed by atoms with E-state index in [1.54, 1.807) is 12.1 Å². The Balaban J connectivity index is 2.96. The lowest BCUT2D eigenvalue weighted by Crippen LogP contribution is -2.03. The average Bonchev–Trinajstić information content (AvgIpc) is 2.10. The summed E-state index contributed by atoms with van der Waals surface area (Å²) >= 11 is 0. The van der Waals surface area contributed by atoms with Crippen molar-refractivity contribution in [2.45, 2.75) is 6.92 Å². The van der Waals surface area contributed by atoms with Gasteiger partial charge in [-0.3, -0.25) is 0 Å². The maximum absolute atomic E-state index is 12.5. The molecule has 0 aromatic heterocycles. The molecule has 0 saturated carbocycles. The molecule has 0 atom stereocenters. The van der Waals surface area contributed by atoms with Crippen molar-refractivity contribution in [1.29, 1.82) is 0 Å². The third-order valence-electron chi connectivity index (χ3n) is 1.71. The van der Waals surface area contributed by atoms with Crippen LogP contribution in [0, 0.1) is 5.82 Å². The molecule has 0 unspecified atom stereocenters. The van der Waals surface area contributed by atoms with Crippen molar-refractivity contribution in [3.05, 3.63) is 41.7 Å². The summed E-state index contributed by atoms with van der Waals surface area (Å²) in [4.78, 5) is 0. The molecule has 0 bridgehead atoms. The van der Waals surface area contributed by atoms with Crippen LogP contribution < -0.4 is 5.32 Å². The molecule has 0 radical (unpaired) electrons.